The molecule has 0 radical (unpaired) electrons. The Morgan fingerprint density at radius 1 is 1.08 bits per heavy atom. The highest BCUT2D eigenvalue weighted by molar-refractivity contribution is 5.41. The second-order valence-corrected chi connectivity index (χ2v) is 7.44. The first-order valence-electron chi connectivity index (χ1n) is 9.28. The monoisotopic (exact) mass is 328 g/mol. The molecule has 130 valence electrons. The van der Waals surface area contributed by atoms with E-state index >= 15 is 0 Å². The predicted molar refractivity (Wildman–Crippen MR) is 95.0 cm³/mol. The van der Waals surface area contributed by atoms with E-state index in [1.165, 1.54) is 18.4 Å². The van der Waals surface area contributed by atoms with Crippen molar-refractivity contribution in [1.82, 2.24) is 19.2 Å². The maximum Gasteiger partial charge on any atom is 0.137 e. The van der Waals surface area contributed by atoms with E-state index in [2.05, 4.69) is 45.7 Å². The summed E-state index contributed by atoms with van der Waals surface area (Å²) >= 11 is 0. The topological polar surface area (TPSA) is 44.0 Å². The van der Waals surface area contributed by atoms with Gasteiger partial charge >= 0.3 is 0 Å². The number of aliphatic hydroxyl groups excluding tert-OH is 1. The van der Waals surface area contributed by atoms with Crippen molar-refractivity contribution in [3.05, 3.63) is 35.8 Å². The van der Waals surface area contributed by atoms with E-state index in [1.807, 2.05) is 0 Å². The Morgan fingerprint density at radius 3 is 2.67 bits per heavy atom. The van der Waals surface area contributed by atoms with E-state index in [1.54, 1.807) is 0 Å². The van der Waals surface area contributed by atoms with Crippen molar-refractivity contribution in [2.24, 2.45) is 0 Å². The van der Waals surface area contributed by atoms with Crippen LogP contribution in [0.15, 0.2) is 24.5 Å². The third-order valence-corrected chi connectivity index (χ3v) is 5.60. The number of fused-ring (bicyclic) bond motifs is 1. The van der Waals surface area contributed by atoms with Gasteiger partial charge in [0.25, 0.3) is 0 Å². The van der Waals surface area contributed by atoms with Crippen LogP contribution in [-0.2, 0) is 6.54 Å². The molecule has 1 saturated carbocycles. The fraction of sp³-hybridized carbons (Fsp3) is 0.632. The fourth-order valence-electron chi connectivity index (χ4n) is 4.23. The number of pyridine rings is 1. The number of aromatic nitrogens is 2. The maximum atomic E-state index is 10.3. The maximum absolute atomic E-state index is 10.3. The summed E-state index contributed by atoms with van der Waals surface area (Å²) < 4.78 is 2.12. The summed E-state index contributed by atoms with van der Waals surface area (Å²) in [5.41, 5.74) is 3.43. The van der Waals surface area contributed by atoms with E-state index in [0.29, 0.717) is 6.04 Å². The molecule has 4 rings (SSSR count). The Labute approximate surface area is 143 Å². The summed E-state index contributed by atoms with van der Waals surface area (Å²) in [6.07, 6.45) is 8.76. The first-order chi connectivity index (χ1) is 11.7. The second-order valence-electron chi connectivity index (χ2n) is 7.44. The molecular formula is C19H28N4O. The molecule has 2 aromatic rings. The minimum Gasteiger partial charge on any atom is -0.391 e. The minimum absolute atomic E-state index is 0.119. The summed E-state index contributed by atoms with van der Waals surface area (Å²) in [6, 6.07) is 4.58. The highest BCUT2D eigenvalue weighted by Crippen LogP contribution is 2.24. The van der Waals surface area contributed by atoms with Crippen molar-refractivity contribution in [2.75, 3.05) is 26.2 Å². The third kappa shape index (κ3) is 3.34. The number of rotatable bonds is 3. The number of hydrogen-bond donors (Lipinski definition) is 1. The van der Waals surface area contributed by atoms with E-state index in [9.17, 15) is 5.11 Å². The third-order valence-electron chi connectivity index (χ3n) is 5.60. The molecule has 1 N–H and O–H groups in total. The lowest BCUT2D eigenvalue weighted by Gasteiger charge is -2.42. The molecule has 2 fully saturated rings. The van der Waals surface area contributed by atoms with Gasteiger partial charge in [-0.1, -0.05) is 18.9 Å². The van der Waals surface area contributed by atoms with Crippen LogP contribution in [0.25, 0.3) is 5.65 Å². The number of nitrogens with zero attached hydrogens (tertiary/aromatic N) is 4. The molecule has 5 nitrogen and oxygen atoms in total. The average molecular weight is 328 g/mol. The van der Waals surface area contributed by atoms with Crippen molar-refractivity contribution in [3.63, 3.8) is 0 Å². The van der Waals surface area contributed by atoms with Gasteiger partial charge in [0.15, 0.2) is 0 Å². The summed E-state index contributed by atoms with van der Waals surface area (Å²) in [6.45, 7) is 7.29. The molecule has 24 heavy (non-hydrogen) atoms. The molecular weight excluding hydrogens is 300 g/mol. The van der Waals surface area contributed by atoms with Crippen LogP contribution in [0.4, 0.5) is 0 Å². The smallest absolute Gasteiger partial charge is 0.137 e. The van der Waals surface area contributed by atoms with Gasteiger partial charge in [-0.15, -0.1) is 0 Å². The molecule has 3 heterocycles. The Hall–Kier alpha value is -1.43. The predicted octanol–water partition coefficient (Wildman–Crippen LogP) is 2.06. The zero-order chi connectivity index (χ0) is 16.5. The molecule has 0 bridgehead atoms. The van der Waals surface area contributed by atoms with Gasteiger partial charge in [-0.05, 0) is 31.4 Å². The van der Waals surface area contributed by atoms with Gasteiger partial charge in [0.1, 0.15) is 5.65 Å². The Morgan fingerprint density at radius 2 is 1.88 bits per heavy atom. The molecule has 0 aromatic carbocycles. The van der Waals surface area contributed by atoms with Crippen molar-refractivity contribution in [3.8, 4) is 0 Å². The lowest BCUT2D eigenvalue weighted by atomic mass is 9.91. The van der Waals surface area contributed by atoms with Gasteiger partial charge < -0.3 is 9.51 Å². The Kier molecular flexibility index (Phi) is 4.57. The van der Waals surface area contributed by atoms with Crippen molar-refractivity contribution in [2.45, 2.75) is 51.3 Å². The zero-order valence-electron chi connectivity index (χ0n) is 14.6. The quantitative estimate of drug-likeness (QED) is 0.937. The van der Waals surface area contributed by atoms with E-state index in [0.717, 1.165) is 56.9 Å². The summed E-state index contributed by atoms with van der Waals surface area (Å²) in [5.74, 6) is 0. The Bertz CT molecular complexity index is 690. The first-order valence-corrected chi connectivity index (χ1v) is 9.28. The lowest BCUT2D eigenvalue weighted by Crippen LogP contribution is -2.54. The number of imidazole rings is 1. The highest BCUT2D eigenvalue weighted by Gasteiger charge is 2.30. The fourth-order valence-corrected chi connectivity index (χ4v) is 4.23. The number of aryl methyl sites for hydroxylation is 1. The van der Waals surface area contributed by atoms with Crippen LogP contribution in [0.3, 0.4) is 0 Å². The van der Waals surface area contributed by atoms with Gasteiger partial charge in [0.05, 0.1) is 11.8 Å². The van der Waals surface area contributed by atoms with Crippen LogP contribution in [-0.4, -0.2) is 62.6 Å². The first kappa shape index (κ1) is 16.1. The molecule has 2 atom stereocenters. The van der Waals surface area contributed by atoms with Crippen molar-refractivity contribution >= 4 is 5.65 Å². The molecule has 1 aliphatic carbocycles. The lowest BCUT2D eigenvalue weighted by molar-refractivity contribution is -0.00487. The van der Waals surface area contributed by atoms with Crippen LogP contribution in [0.2, 0.25) is 0 Å². The summed E-state index contributed by atoms with van der Waals surface area (Å²) in [4.78, 5) is 9.73. The van der Waals surface area contributed by atoms with Crippen molar-refractivity contribution in [1.29, 1.82) is 0 Å². The number of hydrogen-bond acceptors (Lipinski definition) is 4. The van der Waals surface area contributed by atoms with Crippen LogP contribution in [0.1, 0.15) is 36.9 Å². The number of aliphatic hydroxyl groups is 1. The molecule has 5 heteroatoms. The van der Waals surface area contributed by atoms with Crippen LogP contribution < -0.4 is 0 Å². The largest absolute Gasteiger partial charge is 0.391 e. The average Bonchev–Trinajstić information content (AvgIpc) is 2.97. The summed E-state index contributed by atoms with van der Waals surface area (Å²) in [7, 11) is 0. The normalized spacial score (nSPS) is 26.9. The molecule has 1 saturated heterocycles. The van der Waals surface area contributed by atoms with E-state index in [-0.39, 0.29) is 6.10 Å². The molecule has 2 aliphatic rings. The molecule has 1 aliphatic heterocycles. The van der Waals surface area contributed by atoms with Gasteiger partial charge in [0, 0.05) is 51.2 Å². The Balaban J connectivity index is 1.35. The van der Waals surface area contributed by atoms with Crippen LogP contribution in [0.5, 0.6) is 0 Å². The molecule has 0 unspecified atom stereocenters. The molecule has 2 aromatic heterocycles. The zero-order valence-corrected chi connectivity index (χ0v) is 14.6. The van der Waals surface area contributed by atoms with E-state index in [4.69, 9.17) is 4.98 Å². The van der Waals surface area contributed by atoms with Gasteiger partial charge in [-0.2, -0.15) is 0 Å². The van der Waals surface area contributed by atoms with Gasteiger partial charge in [-0.3, -0.25) is 9.80 Å². The SMILES string of the molecule is Cc1ccc2nc(CN3CCN([C@H]4CCCC[C@@H]4O)CC3)cn2c1. The minimum atomic E-state index is -0.119. The second kappa shape index (κ2) is 6.82. The van der Waals surface area contributed by atoms with E-state index < -0.39 is 0 Å². The standard InChI is InChI=1S/C19H28N4O/c1-15-6-7-19-20-16(14-23(19)12-15)13-21-8-10-22(11-9-21)17-4-2-3-5-18(17)24/h6-7,12,14,17-18,24H,2-5,8-11,13H2,1H3/t17-,18-/m0/s1. The van der Waals surface area contributed by atoms with Crippen molar-refractivity contribution < 1.29 is 5.11 Å². The molecule has 0 amide bonds. The van der Waals surface area contributed by atoms with Crippen LogP contribution in [0, 0.1) is 6.92 Å². The van der Waals surface area contributed by atoms with Gasteiger partial charge in [0.2, 0.25) is 0 Å². The number of piperazine rings is 1. The van der Waals surface area contributed by atoms with Gasteiger partial charge in [-0.25, -0.2) is 4.98 Å². The van der Waals surface area contributed by atoms with Crippen LogP contribution >= 0.6 is 0 Å². The summed E-state index contributed by atoms with van der Waals surface area (Å²) in [5, 5.41) is 10.3. The molecule has 0 spiro atoms. The highest BCUT2D eigenvalue weighted by atomic mass is 16.3.